The number of carbonyl (C=O) groups excluding carboxylic acids is 1. The molecule has 1 aliphatic heterocycles. The van der Waals surface area contributed by atoms with Gasteiger partial charge in [-0.3, -0.25) is 4.79 Å². The van der Waals surface area contributed by atoms with Crippen LogP contribution in [0.15, 0.2) is 4.52 Å². The first-order valence-electron chi connectivity index (χ1n) is 9.68. The lowest BCUT2D eigenvalue weighted by Crippen LogP contribution is -2.51. The van der Waals surface area contributed by atoms with Crippen molar-refractivity contribution in [3.8, 4) is 0 Å². The van der Waals surface area contributed by atoms with Gasteiger partial charge in [0.25, 0.3) is 0 Å². The number of nitrogens with zero attached hydrogens (tertiary/aromatic N) is 3. The Kier molecular flexibility index (Phi) is 5.19. The van der Waals surface area contributed by atoms with E-state index < -0.39 is 0 Å². The standard InChI is InChI=1S/C19H32N4O2/c1-6-13-11-23(17(24)14-7-8-14)10-9-15(13)20-12(2)16-21-18(22-25-16)19(3,4)5/h12-15,20H,6-11H2,1-5H3/t12-,13+,15+/m0/s1. The zero-order valence-electron chi connectivity index (χ0n) is 16.2. The van der Waals surface area contributed by atoms with Crippen LogP contribution in [0, 0.1) is 11.8 Å². The van der Waals surface area contributed by atoms with Crippen molar-refractivity contribution in [2.45, 2.75) is 77.8 Å². The number of piperidine rings is 1. The second kappa shape index (κ2) is 7.06. The van der Waals surface area contributed by atoms with E-state index in [1.807, 2.05) is 0 Å². The van der Waals surface area contributed by atoms with E-state index in [-0.39, 0.29) is 11.5 Å². The minimum Gasteiger partial charge on any atom is -0.342 e. The topological polar surface area (TPSA) is 71.3 Å². The van der Waals surface area contributed by atoms with Crippen LogP contribution in [0.25, 0.3) is 0 Å². The zero-order valence-corrected chi connectivity index (χ0v) is 16.2. The van der Waals surface area contributed by atoms with Gasteiger partial charge in [0.2, 0.25) is 11.8 Å². The third-order valence-electron chi connectivity index (χ3n) is 5.44. The van der Waals surface area contributed by atoms with Gasteiger partial charge in [-0.2, -0.15) is 4.98 Å². The summed E-state index contributed by atoms with van der Waals surface area (Å²) in [4.78, 5) is 19.0. The van der Waals surface area contributed by atoms with E-state index in [2.05, 4.69) is 55.0 Å². The maximum atomic E-state index is 12.3. The number of carbonyl (C=O) groups is 1. The summed E-state index contributed by atoms with van der Waals surface area (Å²) < 4.78 is 5.47. The van der Waals surface area contributed by atoms with Crippen molar-refractivity contribution in [3.05, 3.63) is 11.7 Å². The highest BCUT2D eigenvalue weighted by molar-refractivity contribution is 5.81. The predicted octanol–water partition coefficient (Wildman–Crippen LogP) is 3.05. The molecule has 1 saturated heterocycles. The zero-order chi connectivity index (χ0) is 18.2. The lowest BCUT2D eigenvalue weighted by atomic mass is 9.89. The fourth-order valence-corrected chi connectivity index (χ4v) is 3.56. The van der Waals surface area contributed by atoms with E-state index in [1.54, 1.807) is 0 Å². The van der Waals surface area contributed by atoms with Crippen molar-refractivity contribution in [1.29, 1.82) is 0 Å². The molecule has 140 valence electrons. The first kappa shape index (κ1) is 18.4. The summed E-state index contributed by atoms with van der Waals surface area (Å²) in [6.07, 6.45) is 4.22. The summed E-state index contributed by atoms with van der Waals surface area (Å²) in [5, 5.41) is 7.79. The Balaban J connectivity index is 1.59. The lowest BCUT2D eigenvalue weighted by Gasteiger charge is -2.39. The second-order valence-corrected chi connectivity index (χ2v) is 8.72. The molecule has 6 heteroatoms. The average Bonchev–Trinajstić information content (AvgIpc) is 3.28. The van der Waals surface area contributed by atoms with Crippen LogP contribution >= 0.6 is 0 Å². The van der Waals surface area contributed by atoms with E-state index in [1.165, 1.54) is 0 Å². The first-order valence-corrected chi connectivity index (χ1v) is 9.68. The van der Waals surface area contributed by atoms with Gasteiger partial charge in [0.05, 0.1) is 6.04 Å². The summed E-state index contributed by atoms with van der Waals surface area (Å²) in [6.45, 7) is 12.3. The van der Waals surface area contributed by atoms with Crippen LogP contribution in [0.3, 0.4) is 0 Å². The van der Waals surface area contributed by atoms with Crippen LogP contribution in [0.1, 0.15) is 78.1 Å². The summed E-state index contributed by atoms with van der Waals surface area (Å²) in [5.41, 5.74) is -0.109. The number of hydrogen-bond donors (Lipinski definition) is 1. The van der Waals surface area contributed by atoms with Crippen LogP contribution in [0.5, 0.6) is 0 Å². The summed E-state index contributed by atoms with van der Waals surface area (Å²) in [5.74, 6) is 2.56. The van der Waals surface area contributed by atoms with E-state index >= 15 is 0 Å². The van der Waals surface area contributed by atoms with Crippen LogP contribution < -0.4 is 5.32 Å². The number of amides is 1. The van der Waals surface area contributed by atoms with Gasteiger partial charge in [0.15, 0.2) is 5.82 Å². The molecule has 1 aromatic heterocycles. The third kappa shape index (κ3) is 4.22. The highest BCUT2D eigenvalue weighted by atomic mass is 16.5. The molecule has 1 aliphatic carbocycles. The van der Waals surface area contributed by atoms with Gasteiger partial charge >= 0.3 is 0 Å². The summed E-state index contributed by atoms with van der Waals surface area (Å²) >= 11 is 0. The summed E-state index contributed by atoms with van der Waals surface area (Å²) in [6, 6.07) is 0.404. The molecular weight excluding hydrogens is 316 g/mol. The first-order chi connectivity index (χ1) is 11.8. The van der Waals surface area contributed by atoms with Crippen LogP contribution in [-0.4, -0.2) is 40.1 Å². The number of nitrogens with one attached hydrogen (secondary N) is 1. The Morgan fingerprint density at radius 1 is 1.36 bits per heavy atom. The van der Waals surface area contributed by atoms with Gasteiger partial charge in [-0.05, 0) is 32.1 Å². The quantitative estimate of drug-likeness (QED) is 0.885. The molecule has 0 unspecified atom stereocenters. The monoisotopic (exact) mass is 348 g/mol. The number of rotatable bonds is 5. The Bertz CT molecular complexity index is 603. The van der Waals surface area contributed by atoms with Crippen molar-refractivity contribution >= 4 is 5.91 Å². The number of aromatic nitrogens is 2. The third-order valence-corrected chi connectivity index (χ3v) is 5.44. The summed E-state index contributed by atoms with van der Waals surface area (Å²) in [7, 11) is 0. The smallest absolute Gasteiger partial charge is 0.243 e. The second-order valence-electron chi connectivity index (χ2n) is 8.72. The van der Waals surface area contributed by atoms with Gasteiger partial charge in [-0.1, -0.05) is 39.3 Å². The molecule has 2 fully saturated rings. The molecule has 3 rings (SSSR count). The maximum absolute atomic E-state index is 12.3. The van der Waals surface area contributed by atoms with Crippen LogP contribution in [0.4, 0.5) is 0 Å². The largest absolute Gasteiger partial charge is 0.342 e. The molecular formula is C19H32N4O2. The van der Waals surface area contributed by atoms with Gasteiger partial charge in [-0.15, -0.1) is 0 Å². The molecule has 2 aliphatic rings. The molecule has 1 N–H and O–H groups in total. The molecule has 1 saturated carbocycles. The van der Waals surface area contributed by atoms with Crippen molar-refractivity contribution in [3.63, 3.8) is 0 Å². The molecule has 25 heavy (non-hydrogen) atoms. The molecule has 0 radical (unpaired) electrons. The molecule has 3 atom stereocenters. The van der Waals surface area contributed by atoms with Crippen molar-refractivity contribution in [1.82, 2.24) is 20.4 Å². The predicted molar refractivity (Wildman–Crippen MR) is 96.0 cm³/mol. The van der Waals surface area contributed by atoms with E-state index in [9.17, 15) is 4.79 Å². The molecule has 1 aromatic rings. The molecule has 6 nitrogen and oxygen atoms in total. The molecule has 1 amide bonds. The Labute approximate surface area is 150 Å². The van der Waals surface area contributed by atoms with Gasteiger partial charge in [0.1, 0.15) is 0 Å². The average molecular weight is 348 g/mol. The maximum Gasteiger partial charge on any atom is 0.243 e. The van der Waals surface area contributed by atoms with E-state index in [0.717, 1.165) is 44.6 Å². The Morgan fingerprint density at radius 2 is 2.08 bits per heavy atom. The van der Waals surface area contributed by atoms with Crippen LogP contribution in [0.2, 0.25) is 0 Å². The Hall–Kier alpha value is -1.43. The highest BCUT2D eigenvalue weighted by Gasteiger charge is 2.38. The van der Waals surface area contributed by atoms with E-state index in [4.69, 9.17) is 4.52 Å². The number of likely N-dealkylation sites (tertiary alicyclic amines) is 1. The van der Waals surface area contributed by atoms with Gasteiger partial charge < -0.3 is 14.7 Å². The number of hydrogen-bond acceptors (Lipinski definition) is 5. The molecule has 0 aromatic carbocycles. The lowest BCUT2D eigenvalue weighted by molar-refractivity contribution is -0.134. The molecule has 0 bridgehead atoms. The van der Waals surface area contributed by atoms with E-state index in [0.29, 0.717) is 29.7 Å². The van der Waals surface area contributed by atoms with Crippen LogP contribution in [-0.2, 0) is 10.2 Å². The normalized spacial score (nSPS) is 25.9. The minimum absolute atomic E-state index is 0.0216. The fraction of sp³-hybridized carbons (Fsp3) is 0.842. The van der Waals surface area contributed by atoms with Crippen molar-refractivity contribution in [2.75, 3.05) is 13.1 Å². The Morgan fingerprint density at radius 3 is 2.64 bits per heavy atom. The van der Waals surface area contributed by atoms with Gasteiger partial charge in [0, 0.05) is 30.5 Å². The van der Waals surface area contributed by atoms with Gasteiger partial charge in [-0.25, -0.2) is 0 Å². The fourth-order valence-electron chi connectivity index (χ4n) is 3.56. The molecule has 2 heterocycles. The minimum atomic E-state index is -0.109. The SMILES string of the molecule is CC[C@@H]1CN(C(=O)C2CC2)CC[C@H]1N[C@@H](C)c1nc(C(C)(C)C)no1. The van der Waals surface area contributed by atoms with Crippen molar-refractivity contribution < 1.29 is 9.32 Å². The highest BCUT2D eigenvalue weighted by Crippen LogP contribution is 2.33. The molecule has 0 spiro atoms. The van der Waals surface area contributed by atoms with Crippen molar-refractivity contribution in [2.24, 2.45) is 11.8 Å².